The van der Waals surface area contributed by atoms with E-state index in [0.29, 0.717) is 11.7 Å². The van der Waals surface area contributed by atoms with E-state index in [9.17, 15) is 0 Å². The molecule has 2 aromatic rings. The van der Waals surface area contributed by atoms with Gasteiger partial charge in [0.25, 0.3) is 0 Å². The molecule has 0 amide bonds. The molecule has 17 heavy (non-hydrogen) atoms. The van der Waals surface area contributed by atoms with Crippen molar-refractivity contribution in [3.8, 4) is 11.5 Å². The molecule has 6 heteroatoms. The van der Waals surface area contributed by atoms with Gasteiger partial charge in [-0.2, -0.15) is 4.98 Å². The summed E-state index contributed by atoms with van der Waals surface area (Å²) < 4.78 is 7.01. The van der Waals surface area contributed by atoms with Crippen molar-refractivity contribution in [3.05, 3.63) is 18.4 Å². The Morgan fingerprint density at radius 3 is 3.00 bits per heavy atom. The van der Waals surface area contributed by atoms with Gasteiger partial charge in [0, 0.05) is 7.05 Å². The molecule has 0 spiro atoms. The minimum atomic E-state index is -0.176. The molecular formula is C11H17N5O. The summed E-state index contributed by atoms with van der Waals surface area (Å²) in [7, 11) is 1.88. The molecule has 0 saturated carbocycles. The summed E-state index contributed by atoms with van der Waals surface area (Å²) in [4.78, 5) is 8.31. The van der Waals surface area contributed by atoms with Crippen LogP contribution in [0.2, 0.25) is 0 Å². The van der Waals surface area contributed by atoms with Crippen molar-refractivity contribution in [3.63, 3.8) is 0 Å². The van der Waals surface area contributed by atoms with Gasteiger partial charge in [-0.25, -0.2) is 4.98 Å². The number of nitrogens with zero attached hydrogens (tertiary/aromatic N) is 4. The van der Waals surface area contributed by atoms with Crippen LogP contribution in [0.4, 0.5) is 0 Å². The lowest BCUT2D eigenvalue weighted by atomic mass is 10.1. The van der Waals surface area contributed by atoms with E-state index in [1.165, 1.54) is 0 Å². The lowest BCUT2D eigenvalue weighted by Crippen LogP contribution is -2.10. The van der Waals surface area contributed by atoms with E-state index in [0.717, 1.165) is 25.0 Å². The molecular weight excluding hydrogens is 218 g/mol. The fourth-order valence-electron chi connectivity index (χ4n) is 1.61. The highest BCUT2D eigenvalue weighted by molar-refractivity contribution is 5.47. The Labute approximate surface area is 99.8 Å². The van der Waals surface area contributed by atoms with Crippen LogP contribution < -0.4 is 5.73 Å². The SMILES string of the molecule is CCCC[C@H](N)c1nc(-c2cncn2C)no1. The summed E-state index contributed by atoms with van der Waals surface area (Å²) in [6, 6.07) is -0.176. The lowest BCUT2D eigenvalue weighted by molar-refractivity contribution is 0.346. The Balaban J connectivity index is 2.13. The van der Waals surface area contributed by atoms with Gasteiger partial charge < -0.3 is 14.8 Å². The number of rotatable bonds is 5. The first-order valence-corrected chi connectivity index (χ1v) is 5.78. The Morgan fingerprint density at radius 2 is 2.35 bits per heavy atom. The van der Waals surface area contributed by atoms with E-state index < -0.39 is 0 Å². The third-order valence-corrected chi connectivity index (χ3v) is 2.67. The maximum absolute atomic E-state index is 5.97. The highest BCUT2D eigenvalue weighted by Gasteiger charge is 2.16. The molecule has 0 aliphatic rings. The average Bonchev–Trinajstić information content (AvgIpc) is 2.93. The van der Waals surface area contributed by atoms with Crippen LogP contribution in [0.1, 0.15) is 38.1 Å². The molecule has 92 valence electrons. The number of hydrogen-bond donors (Lipinski definition) is 1. The Morgan fingerprint density at radius 1 is 1.53 bits per heavy atom. The average molecular weight is 235 g/mol. The number of aromatic nitrogens is 4. The fourth-order valence-corrected chi connectivity index (χ4v) is 1.61. The van der Waals surface area contributed by atoms with Crippen molar-refractivity contribution >= 4 is 0 Å². The molecule has 0 radical (unpaired) electrons. The second-order valence-corrected chi connectivity index (χ2v) is 4.09. The molecule has 0 bridgehead atoms. The molecule has 0 aliphatic carbocycles. The zero-order valence-electron chi connectivity index (χ0n) is 10.1. The van der Waals surface area contributed by atoms with Gasteiger partial charge in [0.1, 0.15) is 5.69 Å². The summed E-state index contributed by atoms with van der Waals surface area (Å²) >= 11 is 0. The summed E-state index contributed by atoms with van der Waals surface area (Å²) in [5.41, 5.74) is 6.79. The third kappa shape index (κ3) is 2.52. The van der Waals surface area contributed by atoms with Gasteiger partial charge in [-0.1, -0.05) is 24.9 Å². The van der Waals surface area contributed by atoms with Crippen LogP contribution >= 0.6 is 0 Å². The van der Waals surface area contributed by atoms with E-state index in [1.54, 1.807) is 12.5 Å². The minimum Gasteiger partial charge on any atom is -0.337 e. The second-order valence-electron chi connectivity index (χ2n) is 4.09. The smallest absolute Gasteiger partial charge is 0.243 e. The van der Waals surface area contributed by atoms with E-state index in [1.807, 2.05) is 11.6 Å². The van der Waals surface area contributed by atoms with Gasteiger partial charge >= 0.3 is 0 Å². The molecule has 1 atom stereocenters. The predicted octanol–water partition coefficient (Wildman–Crippen LogP) is 1.66. The van der Waals surface area contributed by atoms with Crippen LogP contribution in [0.15, 0.2) is 17.0 Å². The molecule has 0 saturated heterocycles. The van der Waals surface area contributed by atoms with Crippen molar-refractivity contribution in [2.75, 3.05) is 0 Å². The Hall–Kier alpha value is -1.69. The largest absolute Gasteiger partial charge is 0.337 e. The second kappa shape index (κ2) is 5.09. The quantitative estimate of drug-likeness (QED) is 0.852. The monoisotopic (exact) mass is 235 g/mol. The molecule has 0 aliphatic heterocycles. The highest BCUT2D eigenvalue weighted by atomic mass is 16.5. The van der Waals surface area contributed by atoms with Crippen LogP contribution in [0.3, 0.4) is 0 Å². The first-order chi connectivity index (χ1) is 8.22. The minimum absolute atomic E-state index is 0.176. The first-order valence-electron chi connectivity index (χ1n) is 5.78. The number of nitrogens with two attached hydrogens (primary N) is 1. The van der Waals surface area contributed by atoms with E-state index >= 15 is 0 Å². The fraction of sp³-hybridized carbons (Fsp3) is 0.545. The topological polar surface area (TPSA) is 82.8 Å². The molecule has 0 unspecified atom stereocenters. The molecule has 0 fully saturated rings. The number of imidazole rings is 1. The van der Waals surface area contributed by atoms with Gasteiger partial charge in [-0.3, -0.25) is 0 Å². The van der Waals surface area contributed by atoms with Crippen molar-refractivity contribution in [1.29, 1.82) is 0 Å². The van der Waals surface area contributed by atoms with Crippen LogP contribution in [0, 0.1) is 0 Å². The van der Waals surface area contributed by atoms with E-state index in [-0.39, 0.29) is 6.04 Å². The van der Waals surface area contributed by atoms with Crippen LogP contribution in [0.25, 0.3) is 11.5 Å². The van der Waals surface area contributed by atoms with Crippen molar-refractivity contribution in [2.24, 2.45) is 12.8 Å². The van der Waals surface area contributed by atoms with Crippen molar-refractivity contribution in [1.82, 2.24) is 19.7 Å². The molecule has 0 aromatic carbocycles. The zero-order valence-corrected chi connectivity index (χ0v) is 10.1. The molecule has 2 heterocycles. The standard InChI is InChI=1S/C11H17N5O/c1-3-4-5-8(12)11-14-10(15-17-11)9-6-13-7-16(9)2/h6-8H,3-5,12H2,1-2H3/t8-/m0/s1. The molecule has 6 nitrogen and oxygen atoms in total. The number of hydrogen-bond acceptors (Lipinski definition) is 5. The van der Waals surface area contributed by atoms with Crippen LogP contribution in [0.5, 0.6) is 0 Å². The van der Waals surface area contributed by atoms with E-state index in [2.05, 4.69) is 22.0 Å². The molecule has 2 aromatic heterocycles. The number of aryl methyl sites for hydroxylation is 1. The molecule has 2 rings (SSSR count). The summed E-state index contributed by atoms with van der Waals surface area (Å²) in [6.07, 6.45) is 6.43. The summed E-state index contributed by atoms with van der Waals surface area (Å²) in [6.45, 7) is 2.13. The first kappa shape index (κ1) is 11.8. The lowest BCUT2D eigenvalue weighted by Gasteiger charge is -2.03. The zero-order chi connectivity index (χ0) is 12.3. The van der Waals surface area contributed by atoms with Crippen molar-refractivity contribution < 1.29 is 4.52 Å². The van der Waals surface area contributed by atoms with Gasteiger partial charge in [-0.05, 0) is 6.42 Å². The maximum atomic E-state index is 5.97. The van der Waals surface area contributed by atoms with Gasteiger partial charge in [0.2, 0.25) is 11.7 Å². The van der Waals surface area contributed by atoms with Gasteiger partial charge in [0.15, 0.2) is 0 Å². The van der Waals surface area contributed by atoms with Crippen LogP contribution in [-0.4, -0.2) is 19.7 Å². The summed E-state index contributed by atoms with van der Waals surface area (Å²) in [5, 5.41) is 3.92. The maximum Gasteiger partial charge on any atom is 0.243 e. The Kier molecular flexibility index (Phi) is 3.53. The summed E-state index contributed by atoms with van der Waals surface area (Å²) in [5.74, 6) is 1.03. The number of unbranched alkanes of at least 4 members (excludes halogenated alkanes) is 1. The normalized spacial score (nSPS) is 12.9. The Bertz CT molecular complexity index is 476. The van der Waals surface area contributed by atoms with Gasteiger partial charge in [0.05, 0.1) is 18.6 Å². The van der Waals surface area contributed by atoms with Crippen molar-refractivity contribution in [2.45, 2.75) is 32.2 Å². The third-order valence-electron chi connectivity index (χ3n) is 2.67. The molecule has 2 N–H and O–H groups in total. The van der Waals surface area contributed by atoms with E-state index in [4.69, 9.17) is 10.3 Å². The highest BCUT2D eigenvalue weighted by Crippen LogP contribution is 2.19. The predicted molar refractivity (Wildman–Crippen MR) is 63.0 cm³/mol. The van der Waals surface area contributed by atoms with Crippen LogP contribution in [-0.2, 0) is 7.05 Å². The van der Waals surface area contributed by atoms with Gasteiger partial charge in [-0.15, -0.1) is 0 Å².